The number of aliphatic imine (C=N–C) groups is 1. The maximum atomic E-state index is 9.54. The number of nitrogens with zero attached hydrogens (tertiary/aromatic N) is 1. The smallest absolute Gasteiger partial charge is 0.141 e. The van der Waals surface area contributed by atoms with Gasteiger partial charge in [0.1, 0.15) is 11.4 Å². The number of aromatic nitrogens is 1. The standard InChI is InChI=1S/C12H12N2O/c1-9-4-5-12(15)11(7-9)14-8-10-3-2-6-13-10/h2-8,13,15H,1H3/b14-8+. The molecule has 1 heterocycles. The number of hydrogen-bond acceptors (Lipinski definition) is 2. The molecule has 0 aliphatic rings. The van der Waals surface area contributed by atoms with Gasteiger partial charge in [0.2, 0.25) is 0 Å². The van der Waals surface area contributed by atoms with E-state index >= 15 is 0 Å². The first-order chi connectivity index (χ1) is 7.25. The minimum absolute atomic E-state index is 0.198. The molecule has 0 bridgehead atoms. The minimum atomic E-state index is 0.198. The summed E-state index contributed by atoms with van der Waals surface area (Å²) < 4.78 is 0. The molecule has 0 fully saturated rings. The van der Waals surface area contributed by atoms with Crippen molar-refractivity contribution in [1.29, 1.82) is 0 Å². The predicted octanol–water partition coefficient (Wildman–Crippen LogP) is 2.78. The molecule has 0 saturated heterocycles. The topological polar surface area (TPSA) is 48.4 Å². The van der Waals surface area contributed by atoms with Crippen molar-refractivity contribution in [2.75, 3.05) is 0 Å². The van der Waals surface area contributed by atoms with Crippen molar-refractivity contribution in [3.05, 3.63) is 47.8 Å². The van der Waals surface area contributed by atoms with Crippen LogP contribution in [0.4, 0.5) is 5.69 Å². The van der Waals surface area contributed by atoms with Crippen LogP contribution < -0.4 is 0 Å². The van der Waals surface area contributed by atoms with Crippen LogP contribution in [0.15, 0.2) is 41.5 Å². The summed E-state index contributed by atoms with van der Waals surface area (Å²) in [6.45, 7) is 1.97. The fourth-order valence-corrected chi connectivity index (χ4v) is 1.30. The van der Waals surface area contributed by atoms with E-state index in [1.165, 1.54) is 0 Å². The third-order valence-electron chi connectivity index (χ3n) is 2.10. The largest absolute Gasteiger partial charge is 0.506 e. The van der Waals surface area contributed by atoms with Crippen molar-refractivity contribution in [1.82, 2.24) is 4.98 Å². The number of aromatic amines is 1. The quantitative estimate of drug-likeness (QED) is 0.719. The Morgan fingerprint density at radius 3 is 2.93 bits per heavy atom. The molecular formula is C12H12N2O. The Labute approximate surface area is 88.1 Å². The van der Waals surface area contributed by atoms with E-state index in [1.54, 1.807) is 12.3 Å². The summed E-state index contributed by atoms with van der Waals surface area (Å²) in [4.78, 5) is 7.21. The van der Waals surface area contributed by atoms with Crippen LogP contribution in [-0.2, 0) is 0 Å². The van der Waals surface area contributed by atoms with Crippen LogP contribution in [0, 0.1) is 6.92 Å². The van der Waals surface area contributed by atoms with E-state index < -0.39 is 0 Å². The summed E-state index contributed by atoms with van der Waals surface area (Å²) in [6, 6.07) is 9.16. The van der Waals surface area contributed by atoms with Gasteiger partial charge in [-0.2, -0.15) is 0 Å². The van der Waals surface area contributed by atoms with Gasteiger partial charge in [0.15, 0.2) is 0 Å². The first-order valence-electron chi connectivity index (χ1n) is 4.73. The Bertz CT molecular complexity index is 472. The van der Waals surface area contributed by atoms with Gasteiger partial charge in [-0.15, -0.1) is 0 Å². The van der Waals surface area contributed by atoms with E-state index in [9.17, 15) is 5.11 Å². The van der Waals surface area contributed by atoms with Gasteiger partial charge in [-0.1, -0.05) is 6.07 Å². The number of aryl methyl sites for hydroxylation is 1. The highest BCUT2D eigenvalue weighted by molar-refractivity contribution is 5.80. The summed E-state index contributed by atoms with van der Waals surface area (Å²) in [6.07, 6.45) is 3.52. The summed E-state index contributed by atoms with van der Waals surface area (Å²) in [5, 5.41) is 9.54. The maximum absolute atomic E-state index is 9.54. The molecule has 2 aromatic rings. The highest BCUT2D eigenvalue weighted by Crippen LogP contribution is 2.26. The summed E-state index contributed by atoms with van der Waals surface area (Å²) >= 11 is 0. The molecule has 76 valence electrons. The van der Waals surface area contributed by atoms with Gasteiger partial charge in [0, 0.05) is 6.20 Å². The highest BCUT2D eigenvalue weighted by Gasteiger charge is 1.97. The Morgan fingerprint density at radius 1 is 1.33 bits per heavy atom. The van der Waals surface area contributed by atoms with Crippen LogP contribution in [0.3, 0.4) is 0 Å². The lowest BCUT2D eigenvalue weighted by atomic mass is 10.2. The van der Waals surface area contributed by atoms with Gasteiger partial charge >= 0.3 is 0 Å². The van der Waals surface area contributed by atoms with E-state index in [1.807, 2.05) is 37.4 Å². The maximum Gasteiger partial charge on any atom is 0.141 e. The molecule has 0 unspecified atom stereocenters. The SMILES string of the molecule is Cc1ccc(O)c(/N=C/c2ccc[nH]2)c1. The molecule has 0 saturated carbocycles. The minimum Gasteiger partial charge on any atom is -0.506 e. The summed E-state index contributed by atoms with van der Waals surface area (Å²) in [5.74, 6) is 0.198. The Balaban J connectivity index is 2.27. The van der Waals surface area contributed by atoms with Gasteiger partial charge in [-0.05, 0) is 36.8 Å². The molecule has 1 aromatic heterocycles. The van der Waals surface area contributed by atoms with Crippen LogP contribution >= 0.6 is 0 Å². The molecule has 0 amide bonds. The molecule has 0 aliphatic heterocycles. The second-order valence-corrected chi connectivity index (χ2v) is 3.38. The molecule has 1 aromatic carbocycles. The summed E-state index contributed by atoms with van der Waals surface area (Å²) in [5.41, 5.74) is 2.58. The van der Waals surface area contributed by atoms with Gasteiger partial charge in [0.25, 0.3) is 0 Å². The van der Waals surface area contributed by atoms with Crippen molar-refractivity contribution in [3.63, 3.8) is 0 Å². The van der Waals surface area contributed by atoms with Gasteiger partial charge in [0.05, 0.1) is 11.9 Å². The first-order valence-corrected chi connectivity index (χ1v) is 4.73. The Morgan fingerprint density at radius 2 is 2.20 bits per heavy atom. The normalized spacial score (nSPS) is 11.0. The number of rotatable bonds is 2. The van der Waals surface area contributed by atoms with Gasteiger partial charge in [-0.25, -0.2) is 0 Å². The molecule has 3 nitrogen and oxygen atoms in total. The lowest BCUT2D eigenvalue weighted by Gasteiger charge is -1.99. The predicted molar refractivity (Wildman–Crippen MR) is 60.9 cm³/mol. The van der Waals surface area contributed by atoms with E-state index in [2.05, 4.69) is 9.98 Å². The van der Waals surface area contributed by atoms with Crippen LogP contribution in [0.5, 0.6) is 5.75 Å². The summed E-state index contributed by atoms with van der Waals surface area (Å²) in [7, 11) is 0. The number of aromatic hydroxyl groups is 1. The molecule has 0 radical (unpaired) electrons. The Kier molecular flexibility index (Phi) is 2.54. The zero-order valence-corrected chi connectivity index (χ0v) is 8.44. The van der Waals surface area contributed by atoms with Crippen molar-refractivity contribution < 1.29 is 5.11 Å². The average molecular weight is 200 g/mol. The number of phenols is 1. The van der Waals surface area contributed by atoms with Crippen molar-refractivity contribution >= 4 is 11.9 Å². The van der Waals surface area contributed by atoms with Gasteiger partial charge in [-0.3, -0.25) is 4.99 Å². The second kappa shape index (κ2) is 4.00. The first kappa shape index (κ1) is 9.52. The third-order valence-corrected chi connectivity index (χ3v) is 2.10. The highest BCUT2D eigenvalue weighted by atomic mass is 16.3. The molecule has 0 aliphatic carbocycles. The van der Waals surface area contributed by atoms with Crippen LogP contribution in [0.2, 0.25) is 0 Å². The average Bonchev–Trinajstić information content (AvgIpc) is 2.72. The lowest BCUT2D eigenvalue weighted by Crippen LogP contribution is -1.79. The van der Waals surface area contributed by atoms with Gasteiger partial charge < -0.3 is 10.1 Å². The molecule has 2 rings (SSSR count). The number of H-pyrrole nitrogens is 1. The molecule has 0 spiro atoms. The molecule has 0 atom stereocenters. The second-order valence-electron chi connectivity index (χ2n) is 3.38. The molecular weight excluding hydrogens is 188 g/mol. The fraction of sp³-hybridized carbons (Fsp3) is 0.0833. The molecule has 2 N–H and O–H groups in total. The monoisotopic (exact) mass is 200 g/mol. The zero-order valence-electron chi connectivity index (χ0n) is 8.44. The third kappa shape index (κ3) is 2.26. The lowest BCUT2D eigenvalue weighted by molar-refractivity contribution is 0.477. The Hall–Kier alpha value is -2.03. The molecule has 15 heavy (non-hydrogen) atoms. The number of benzene rings is 1. The zero-order chi connectivity index (χ0) is 10.7. The van der Waals surface area contributed by atoms with Crippen molar-refractivity contribution in [2.24, 2.45) is 4.99 Å². The fourth-order valence-electron chi connectivity index (χ4n) is 1.30. The number of nitrogens with one attached hydrogen (secondary N) is 1. The van der Waals surface area contributed by atoms with Crippen LogP contribution in [0.25, 0.3) is 0 Å². The van der Waals surface area contributed by atoms with E-state index in [0.29, 0.717) is 5.69 Å². The van der Waals surface area contributed by atoms with E-state index in [0.717, 1.165) is 11.3 Å². The number of hydrogen-bond donors (Lipinski definition) is 2. The van der Waals surface area contributed by atoms with Crippen molar-refractivity contribution in [2.45, 2.75) is 6.92 Å². The van der Waals surface area contributed by atoms with E-state index in [4.69, 9.17) is 0 Å². The number of phenolic OH excluding ortho intramolecular Hbond substituents is 1. The van der Waals surface area contributed by atoms with Crippen LogP contribution in [0.1, 0.15) is 11.3 Å². The van der Waals surface area contributed by atoms with E-state index in [-0.39, 0.29) is 5.75 Å². The van der Waals surface area contributed by atoms with Crippen LogP contribution in [-0.4, -0.2) is 16.3 Å². The van der Waals surface area contributed by atoms with Crippen molar-refractivity contribution in [3.8, 4) is 5.75 Å². The molecule has 3 heteroatoms.